The molecule has 0 aliphatic rings. The molecule has 3 aromatic rings. The number of rotatable bonds is 5. The predicted molar refractivity (Wildman–Crippen MR) is 93.1 cm³/mol. The topological polar surface area (TPSA) is 93.0 Å². The molecule has 3 rings (SSSR count). The van der Waals surface area contributed by atoms with E-state index < -0.39 is 28.3 Å². The zero-order chi connectivity index (χ0) is 20.3. The molecule has 0 aliphatic heterocycles. The molecule has 0 saturated carbocycles. The summed E-state index contributed by atoms with van der Waals surface area (Å²) in [5.41, 5.74) is -1.03. The molecule has 7 nitrogen and oxygen atoms in total. The van der Waals surface area contributed by atoms with E-state index in [1.165, 1.54) is 30.3 Å². The van der Waals surface area contributed by atoms with Crippen LogP contribution < -0.4 is 10.6 Å². The van der Waals surface area contributed by atoms with Crippen LogP contribution in [0.5, 0.6) is 0 Å². The number of nitro groups is 1. The summed E-state index contributed by atoms with van der Waals surface area (Å²) in [6, 6.07) is 10.0. The van der Waals surface area contributed by atoms with E-state index in [4.69, 9.17) is 0 Å². The van der Waals surface area contributed by atoms with E-state index in [1.54, 1.807) is 0 Å². The first kappa shape index (κ1) is 19.0. The summed E-state index contributed by atoms with van der Waals surface area (Å²) in [5, 5.41) is 15.9. The van der Waals surface area contributed by atoms with Gasteiger partial charge in [0.05, 0.1) is 4.92 Å². The Balaban J connectivity index is 1.95. The quantitative estimate of drug-likeness (QED) is 0.359. The van der Waals surface area contributed by atoms with Gasteiger partial charge in [0, 0.05) is 29.7 Å². The van der Waals surface area contributed by atoms with E-state index in [0.717, 1.165) is 18.2 Å². The minimum absolute atomic E-state index is 0.0473. The van der Waals surface area contributed by atoms with Crippen molar-refractivity contribution in [2.24, 2.45) is 0 Å². The Kier molecular flexibility index (Phi) is 5.07. The Morgan fingerprint density at radius 2 is 1.71 bits per heavy atom. The van der Waals surface area contributed by atoms with Crippen molar-refractivity contribution in [2.45, 2.75) is 6.18 Å². The van der Waals surface area contributed by atoms with Crippen LogP contribution in [0.25, 0.3) is 0 Å². The number of aromatic nitrogens is 2. The Hall–Kier alpha value is -3.76. The summed E-state index contributed by atoms with van der Waals surface area (Å²) in [4.78, 5) is 17.6. The summed E-state index contributed by atoms with van der Waals surface area (Å²) < 4.78 is 52.8. The lowest BCUT2D eigenvalue weighted by atomic mass is 10.2. The van der Waals surface area contributed by atoms with Gasteiger partial charge in [0.25, 0.3) is 5.69 Å². The standard InChI is InChI=1S/C17H11F4N5O2/c18-10-4-6-11(7-5-10)24-16-22-9-14(17(19,20)21)15(25-16)23-12-2-1-3-13(8-12)26(27)28/h1-9H,(H2,22,23,24,25). The van der Waals surface area contributed by atoms with Crippen molar-refractivity contribution in [2.75, 3.05) is 10.6 Å². The summed E-state index contributed by atoms with van der Waals surface area (Å²) in [6.07, 6.45) is -4.17. The molecule has 2 aromatic carbocycles. The van der Waals surface area contributed by atoms with Crippen molar-refractivity contribution < 1.29 is 22.5 Å². The molecule has 1 aromatic heterocycles. The van der Waals surface area contributed by atoms with Crippen LogP contribution >= 0.6 is 0 Å². The number of alkyl halides is 3. The maximum Gasteiger partial charge on any atom is 0.421 e. The molecule has 0 fully saturated rings. The third-order valence-electron chi connectivity index (χ3n) is 3.51. The number of halogens is 4. The molecule has 0 radical (unpaired) electrons. The maximum atomic E-state index is 13.3. The van der Waals surface area contributed by atoms with Gasteiger partial charge >= 0.3 is 6.18 Å². The molecule has 11 heteroatoms. The van der Waals surface area contributed by atoms with Gasteiger partial charge in [0.15, 0.2) is 0 Å². The Morgan fingerprint density at radius 3 is 2.36 bits per heavy atom. The van der Waals surface area contributed by atoms with Crippen LogP contribution in [0.3, 0.4) is 0 Å². The summed E-state index contributed by atoms with van der Waals surface area (Å²) >= 11 is 0. The molecular weight excluding hydrogens is 382 g/mol. The van der Waals surface area contributed by atoms with E-state index in [1.807, 2.05) is 0 Å². The monoisotopic (exact) mass is 393 g/mol. The van der Waals surface area contributed by atoms with Crippen molar-refractivity contribution in [3.05, 3.63) is 76.2 Å². The highest BCUT2D eigenvalue weighted by Gasteiger charge is 2.35. The van der Waals surface area contributed by atoms with Crippen molar-refractivity contribution in [3.63, 3.8) is 0 Å². The first-order valence-corrected chi connectivity index (χ1v) is 7.71. The summed E-state index contributed by atoms with van der Waals surface area (Å²) in [6.45, 7) is 0. The van der Waals surface area contributed by atoms with Crippen molar-refractivity contribution in [1.82, 2.24) is 9.97 Å². The van der Waals surface area contributed by atoms with Crippen LogP contribution in [0.15, 0.2) is 54.7 Å². The first-order valence-electron chi connectivity index (χ1n) is 7.71. The largest absolute Gasteiger partial charge is 0.421 e. The van der Waals surface area contributed by atoms with Crippen LogP contribution in [0.4, 0.5) is 46.4 Å². The second-order valence-corrected chi connectivity index (χ2v) is 5.52. The van der Waals surface area contributed by atoms with Gasteiger partial charge in [-0.2, -0.15) is 18.2 Å². The number of nitrogens with one attached hydrogen (secondary N) is 2. The molecule has 2 N–H and O–H groups in total. The van der Waals surface area contributed by atoms with Crippen LogP contribution in [-0.2, 0) is 6.18 Å². The number of benzene rings is 2. The number of non-ortho nitro benzene ring substituents is 1. The van der Waals surface area contributed by atoms with Crippen LogP contribution in [0, 0.1) is 15.9 Å². The predicted octanol–water partition coefficient (Wildman–Crippen LogP) is 5.03. The lowest BCUT2D eigenvalue weighted by molar-refractivity contribution is -0.384. The third kappa shape index (κ3) is 4.50. The highest BCUT2D eigenvalue weighted by atomic mass is 19.4. The molecule has 1 heterocycles. The SMILES string of the molecule is O=[N+]([O-])c1cccc(Nc2nc(Nc3ccc(F)cc3)ncc2C(F)(F)F)c1. The minimum Gasteiger partial charge on any atom is -0.339 e. The third-order valence-corrected chi connectivity index (χ3v) is 3.51. The van der Waals surface area contributed by atoms with Gasteiger partial charge in [-0.3, -0.25) is 10.1 Å². The van der Waals surface area contributed by atoms with E-state index in [9.17, 15) is 27.7 Å². The average molecular weight is 393 g/mol. The van der Waals surface area contributed by atoms with Gasteiger partial charge in [-0.05, 0) is 30.3 Å². The van der Waals surface area contributed by atoms with Crippen LogP contribution in [0.2, 0.25) is 0 Å². The van der Waals surface area contributed by atoms with E-state index in [2.05, 4.69) is 20.6 Å². The molecular formula is C17H11F4N5O2. The van der Waals surface area contributed by atoms with Crippen molar-refractivity contribution in [1.29, 1.82) is 0 Å². The molecule has 0 unspecified atom stereocenters. The second-order valence-electron chi connectivity index (χ2n) is 5.52. The summed E-state index contributed by atoms with van der Waals surface area (Å²) in [7, 11) is 0. The Labute approximate surface area is 155 Å². The lowest BCUT2D eigenvalue weighted by Gasteiger charge is -2.15. The molecule has 0 spiro atoms. The first-order chi connectivity index (χ1) is 13.2. The fraction of sp³-hybridized carbons (Fsp3) is 0.0588. The lowest BCUT2D eigenvalue weighted by Crippen LogP contribution is -2.12. The normalized spacial score (nSPS) is 11.1. The fourth-order valence-electron chi connectivity index (χ4n) is 2.24. The zero-order valence-electron chi connectivity index (χ0n) is 13.9. The fourth-order valence-corrected chi connectivity index (χ4v) is 2.24. The zero-order valence-corrected chi connectivity index (χ0v) is 13.9. The van der Waals surface area contributed by atoms with E-state index >= 15 is 0 Å². The molecule has 0 atom stereocenters. The van der Waals surface area contributed by atoms with Crippen LogP contribution in [-0.4, -0.2) is 14.9 Å². The molecule has 0 amide bonds. The minimum atomic E-state index is -4.75. The number of hydrogen-bond donors (Lipinski definition) is 2. The molecule has 144 valence electrons. The van der Waals surface area contributed by atoms with Gasteiger partial charge < -0.3 is 10.6 Å². The number of nitro benzene ring substituents is 1. The van der Waals surface area contributed by atoms with Gasteiger partial charge in [-0.15, -0.1) is 0 Å². The average Bonchev–Trinajstić information content (AvgIpc) is 2.63. The molecule has 0 aliphatic carbocycles. The smallest absolute Gasteiger partial charge is 0.339 e. The highest BCUT2D eigenvalue weighted by Crippen LogP contribution is 2.35. The number of nitrogens with zero attached hydrogens (tertiary/aromatic N) is 3. The highest BCUT2D eigenvalue weighted by molar-refractivity contribution is 5.64. The molecule has 0 saturated heterocycles. The van der Waals surface area contributed by atoms with Crippen molar-refractivity contribution in [3.8, 4) is 0 Å². The molecule has 0 bridgehead atoms. The Morgan fingerprint density at radius 1 is 1.00 bits per heavy atom. The van der Waals surface area contributed by atoms with E-state index in [0.29, 0.717) is 11.9 Å². The maximum absolute atomic E-state index is 13.3. The van der Waals surface area contributed by atoms with Crippen LogP contribution in [0.1, 0.15) is 5.56 Å². The number of anilines is 4. The Bertz CT molecular complexity index is 1010. The van der Waals surface area contributed by atoms with Gasteiger partial charge in [-0.1, -0.05) is 6.07 Å². The molecule has 28 heavy (non-hydrogen) atoms. The second kappa shape index (κ2) is 7.47. The van der Waals surface area contributed by atoms with Gasteiger partial charge in [0.1, 0.15) is 17.2 Å². The van der Waals surface area contributed by atoms with Gasteiger partial charge in [0.2, 0.25) is 5.95 Å². The number of hydrogen-bond acceptors (Lipinski definition) is 6. The summed E-state index contributed by atoms with van der Waals surface area (Å²) in [5.74, 6) is -1.24. The van der Waals surface area contributed by atoms with E-state index in [-0.39, 0.29) is 17.3 Å². The van der Waals surface area contributed by atoms with Gasteiger partial charge in [-0.25, -0.2) is 9.37 Å². The van der Waals surface area contributed by atoms with Crippen molar-refractivity contribution >= 4 is 28.8 Å².